The Hall–Kier alpha value is -3.45. The van der Waals surface area contributed by atoms with Crippen molar-refractivity contribution in [1.82, 2.24) is 0 Å². The third kappa shape index (κ3) is 4.43. The number of halogens is 2. The van der Waals surface area contributed by atoms with E-state index < -0.39 is 15.9 Å². The third-order valence-corrected chi connectivity index (χ3v) is 6.42. The molecule has 3 aromatic carbocycles. The lowest BCUT2D eigenvalue weighted by Crippen LogP contribution is -2.17. The number of carbonyl (C=O) groups excluding carboxylic acids is 1. The molecule has 0 aromatic heterocycles. The maximum atomic E-state index is 13.0. The number of nitriles is 1. The molecule has 0 radical (unpaired) electrons. The summed E-state index contributed by atoms with van der Waals surface area (Å²) < 4.78 is 38.7. The first-order valence-corrected chi connectivity index (χ1v) is 11.2. The lowest BCUT2D eigenvalue weighted by molar-refractivity contribution is 0.102. The van der Waals surface area contributed by atoms with E-state index in [1.54, 1.807) is 24.3 Å². The molecule has 0 saturated heterocycles. The van der Waals surface area contributed by atoms with Gasteiger partial charge in [0.1, 0.15) is 6.07 Å². The Kier molecular flexibility index (Phi) is 5.84. The van der Waals surface area contributed by atoms with Crippen molar-refractivity contribution < 1.29 is 22.7 Å². The van der Waals surface area contributed by atoms with Crippen LogP contribution in [-0.2, 0) is 10.0 Å². The van der Waals surface area contributed by atoms with Crippen LogP contribution in [0.15, 0.2) is 59.5 Å². The molecule has 0 fully saturated rings. The van der Waals surface area contributed by atoms with Gasteiger partial charge in [-0.1, -0.05) is 23.2 Å². The van der Waals surface area contributed by atoms with Crippen molar-refractivity contribution in [3.8, 4) is 17.6 Å². The van der Waals surface area contributed by atoms with Crippen molar-refractivity contribution in [2.45, 2.75) is 4.90 Å². The maximum Gasteiger partial charge on any atom is 0.261 e. The van der Waals surface area contributed by atoms with Gasteiger partial charge in [0, 0.05) is 22.8 Å². The number of ether oxygens (including phenoxy) is 2. The van der Waals surface area contributed by atoms with E-state index >= 15 is 0 Å². The maximum absolute atomic E-state index is 13.0. The Morgan fingerprint density at radius 2 is 1.69 bits per heavy atom. The van der Waals surface area contributed by atoms with E-state index in [2.05, 4.69) is 10.0 Å². The highest BCUT2D eigenvalue weighted by molar-refractivity contribution is 7.92. The van der Waals surface area contributed by atoms with Gasteiger partial charge >= 0.3 is 0 Å². The van der Waals surface area contributed by atoms with Crippen molar-refractivity contribution in [2.75, 3.05) is 16.8 Å². The first kappa shape index (κ1) is 21.8. The second-order valence-electron chi connectivity index (χ2n) is 6.57. The summed E-state index contributed by atoms with van der Waals surface area (Å²) in [5, 5.41) is 12.6. The second-order valence-corrected chi connectivity index (χ2v) is 9.10. The lowest BCUT2D eigenvalue weighted by atomic mass is 10.2. The number of amides is 1. The summed E-state index contributed by atoms with van der Waals surface area (Å²) in [6.07, 6.45) is 0. The fraction of sp³-hybridized carbons (Fsp3) is 0.0476. The molecule has 3 aromatic rings. The molecule has 0 unspecified atom stereocenters. The number of rotatable bonds is 5. The van der Waals surface area contributed by atoms with Gasteiger partial charge in [-0.15, -0.1) is 0 Å². The van der Waals surface area contributed by atoms with Gasteiger partial charge in [0.25, 0.3) is 15.9 Å². The number of anilines is 2. The fourth-order valence-corrected chi connectivity index (χ4v) is 4.33. The van der Waals surface area contributed by atoms with E-state index in [1.807, 2.05) is 6.07 Å². The highest BCUT2D eigenvalue weighted by Crippen LogP contribution is 2.37. The Labute approximate surface area is 193 Å². The Balaban J connectivity index is 1.63. The molecule has 4 rings (SSSR count). The molecule has 0 saturated carbocycles. The number of nitrogens with one attached hydrogen (secondary N) is 2. The first-order valence-electron chi connectivity index (χ1n) is 9.00. The molecule has 0 spiro atoms. The van der Waals surface area contributed by atoms with E-state index in [4.69, 9.17) is 32.7 Å². The third-order valence-electron chi connectivity index (χ3n) is 4.47. The molecule has 0 aliphatic carbocycles. The van der Waals surface area contributed by atoms with Crippen LogP contribution in [0.4, 0.5) is 11.4 Å². The number of hydrogen-bond donors (Lipinski definition) is 2. The number of sulfonamides is 1. The minimum Gasteiger partial charge on any atom is -0.454 e. The number of benzene rings is 3. The van der Waals surface area contributed by atoms with Crippen LogP contribution < -0.4 is 19.5 Å². The topological polar surface area (TPSA) is 118 Å². The van der Waals surface area contributed by atoms with E-state index in [1.165, 1.54) is 24.3 Å². The van der Waals surface area contributed by atoms with E-state index in [0.717, 1.165) is 6.07 Å². The summed E-state index contributed by atoms with van der Waals surface area (Å²) in [5.74, 6) is 0.0492. The number of hydrogen-bond acceptors (Lipinski definition) is 6. The standard InChI is InChI=1S/C21H13Cl2N3O5S/c22-13-1-3-14(4-2-13)25-21(27)16-8-15(5-6-17(16)23)32(28,29)26-18-9-20-19(30-11-31-20)7-12(18)10-24/h1-9,26H,11H2,(H,25,27). The summed E-state index contributed by atoms with van der Waals surface area (Å²) >= 11 is 12.0. The van der Waals surface area contributed by atoms with Crippen molar-refractivity contribution in [3.05, 3.63) is 75.8 Å². The SMILES string of the molecule is N#Cc1cc2c(cc1NS(=O)(=O)c1ccc(Cl)c(C(=O)Nc3ccc(Cl)cc3)c1)OCO2. The lowest BCUT2D eigenvalue weighted by Gasteiger charge is -2.12. The molecule has 1 aliphatic rings. The van der Waals surface area contributed by atoms with Crippen LogP contribution in [0.2, 0.25) is 10.0 Å². The zero-order chi connectivity index (χ0) is 22.9. The molecule has 0 atom stereocenters. The van der Waals surface area contributed by atoms with E-state index in [0.29, 0.717) is 22.2 Å². The molecule has 1 amide bonds. The number of carbonyl (C=O) groups is 1. The van der Waals surface area contributed by atoms with Gasteiger partial charge in [-0.05, 0) is 42.5 Å². The number of nitrogens with zero attached hydrogens (tertiary/aromatic N) is 1. The highest BCUT2D eigenvalue weighted by Gasteiger charge is 2.23. The van der Waals surface area contributed by atoms with Gasteiger partial charge in [-0.3, -0.25) is 9.52 Å². The summed E-state index contributed by atoms with van der Waals surface area (Å²) in [7, 11) is -4.17. The number of fused-ring (bicyclic) bond motifs is 1. The first-order chi connectivity index (χ1) is 15.3. The fourth-order valence-electron chi connectivity index (χ4n) is 2.90. The second kappa shape index (κ2) is 8.59. The van der Waals surface area contributed by atoms with E-state index in [-0.39, 0.29) is 33.5 Å². The van der Waals surface area contributed by atoms with Crippen molar-refractivity contribution in [2.24, 2.45) is 0 Å². The van der Waals surface area contributed by atoms with Crippen LogP contribution in [0.5, 0.6) is 11.5 Å². The van der Waals surface area contributed by atoms with Crippen LogP contribution in [0.3, 0.4) is 0 Å². The zero-order valence-electron chi connectivity index (χ0n) is 16.1. The van der Waals surface area contributed by atoms with Gasteiger partial charge in [0.05, 0.1) is 26.7 Å². The average Bonchev–Trinajstić information content (AvgIpc) is 3.21. The monoisotopic (exact) mass is 489 g/mol. The predicted octanol–water partition coefficient (Wildman–Crippen LogP) is 4.65. The highest BCUT2D eigenvalue weighted by atomic mass is 35.5. The molecule has 0 bridgehead atoms. The van der Waals surface area contributed by atoms with Gasteiger partial charge in [-0.2, -0.15) is 5.26 Å². The van der Waals surface area contributed by atoms with Crippen molar-refractivity contribution >= 4 is 50.5 Å². The van der Waals surface area contributed by atoms with Crippen LogP contribution in [0.1, 0.15) is 15.9 Å². The normalized spacial score (nSPS) is 12.2. The van der Waals surface area contributed by atoms with Crippen LogP contribution in [-0.4, -0.2) is 21.1 Å². The van der Waals surface area contributed by atoms with Crippen LogP contribution >= 0.6 is 23.2 Å². The summed E-state index contributed by atoms with van der Waals surface area (Å²) in [6.45, 7) is -0.0281. The molecule has 8 nitrogen and oxygen atoms in total. The minimum atomic E-state index is -4.17. The zero-order valence-corrected chi connectivity index (χ0v) is 18.4. The van der Waals surface area contributed by atoms with E-state index in [9.17, 15) is 18.5 Å². The molecule has 11 heteroatoms. The molecule has 2 N–H and O–H groups in total. The Morgan fingerprint density at radius 3 is 2.38 bits per heavy atom. The Bertz CT molecular complexity index is 1370. The van der Waals surface area contributed by atoms with Crippen LogP contribution in [0, 0.1) is 11.3 Å². The molecule has 162 valence electrons. The van der Waals surface area contributed by atoms with Crippen molar-refractivity contribution in [1.29, 1.82) is 5.26 Å². The van der Waals surface area contributed by atoms with Gasteiger partial charge in [-0.25, -0.2) is 8.42 Å². The van der Waals surface area contributed by atoms with Gasteiger partial charge in [0.15, 0.2) is 11.5 Å². The van der Waals surface area contributed by atoms with Gasteiger partial charge < -0.3 is 14.8 Å². The minimum absolute atomic E-state index is 0.0128. The quantitative estimate of drug-likeness (QED) is 0.538. The van der Waals surface area contributed by atoms with Crippen LogP contribution in [0.25, 0.3) is 0 Å². The molecular weight excluding hydrogens is 477 g/mol. The smallest absolute Gasteiger partial charge is 0.261 e. The Morgan fingerprint density at radius 1 is 1.00 bits per heavy atom. The molecule has 1 aliphatic heterocycles. The molecule has 32 heavy (non-hydrogen) atoms. The summed E-state index contributed by atoms with van der Waals surface area (Å²) in [4.78, 5) is 12.5. The van der Waals surface area contributed by atoms with Crippen molar-refractivity contribution in [3.63, 3.8) is 0 Å². The molecular formula is C21H13Cl2N3O5S. The van der Waals surface area contributed by atoms with Gasteiger partial charge in [0.2, 0.25) is 6.79 Å². The largest absolute Gasteiger partial charge is 0.454 e. The average molecular weight is 490 g/mol. The summed E-state index contributed by atoms with van der Waals surface area (Å²) in [5.41, 5.74) is 0.475. The summed E-state index contributed by atoms with van der Waals surface area (Å²) in [6, 6.07) is 14.8. The molecule has 1 heterocycles. The predicted molar refractivity (Wildman–Crippen MR) is 119 cm³/mol.